The van der Waals surface area contributed by atoms with Gasteiger partial charge in [0.05, 0.1) is 23.5 Å². The fourth-order valence-electron chi connectivity index (χ4n) is 2.78. The molecule has 0 saturated heterocycles. The van der Waals surface area contributed by atoms with Crippen molar-refractivity contribution in [1.82, 2.24) is 14.9 Å². The number of amides is 1. The molecule has 23 heavy (non-hydrogen) atoms. The highest BCUT2D eigenvalue weighted by molar-refractivity contribution is 5.82. The van der Waals surface area contributed by atoms with Gasteiger partial charge in [-0.2, -0.15) is 0 Å². The van der Waals surface area contributed by atoms with Crippen LogP contribution in [-0.2, 0) is 18.3 Å². The number of benzene rings is 2. The average molecular weight is 307 g/mol. The highest BCUT2D eigenvalue weighted by atomic mass is 16.1. The Morgan fingerprint density at radius 2 is 1.96 bits per heavy atom. The molecule has 0 bridgehead atoms. The van der Waals surface area contributed by atoms with Crippen LogP contribution in [0.3, 0.4) is 0 Å². The number of nitrogens with one attached hydrogen (secondary N) is 1. The van der Waals surface area contributed by atoms with Gasteiger partial charge < -0.3 is 9.88 Å². The molecule has 0 fully saturated rings. The van der Waals surface area contributed by atoms with Crippen LogP contribution >= 0.6 is 0 Å². The number of carbonyl (C=O) groups is 1. The van der Waals surface area contributed by atoms with E-state index in [1.54, 1.807) is 0 Å². The summed E-state index contributed by atoms with van der Waals surface area (Å²) in [4.78, 5) is 16.8. The summed E-state index contributed by atoms with van der Waals surface area (Å²) in [6.07, 6.45) is 0.364. The van der Waals surface area contributed by atoms with Crippen molar-refractivity contribution in [3.05, 3.63) is 65.5 Å². The maximum absolute atomic E-state index is 12.3. The smallest absolute Gasteiger partial charge is 0.224 e. The largest absolute Gasteiger partial charge is 0.349 e. The number of aryl methyl sites for hydroxylation is 2. The molecule has 0 radical (unpaired) electrons. The van der Waals surface area contributed by atoms with Crippen LogP contribution in [0, 0.1) is 6.92 Å². The standard InChI is InChI=1S/C19H21N3O/c1-13(16-7-5-4-6-8-16)20-19(23)12-15-9-10-18-17(11-15)21-14(2)22(18)3/h4-11,13H,12H2,1-3H3,(H,20,23). The van der Waals surface area contributed by atoms with Crippen molar-refractivity contribution in [2.24, 2.45) is 7.05 Å². The molecule has 0 aliphatic carbocycles. The van der Waals surface area contributed by atoms with Gasteiger partial charge in [0.25, 0.3) is 0 Å². The van der Waals surface area contributed by atoms with E-state index < -0.39 is 0 Å². The zero-order valence-electron chi connectivity index (χ0n) is 13.7. The second-order valence-electron chi connectivity index (χ2n) is 5.92. The van der Waals surface area contributed by atoms with Crippen LogP contribution in [0.1, 0.15) is 29.9 Å². The molecule has 1 heterocycles. The lowest BCUT2D eigenvalue weighted by molar-refractivity contribution is -0.121. The molecule has 1 aromatic heterocycles. The molecule has 2 aromatic carbocycles. The lowest BCUT2D eigenvalue weighted by Gasteiger charge is -2.14. The van der Waals surface area contributed by atoms with Crippen molar-refractivity contribution in [2.45, 2.75) is 26.3 Å². The summed E-state index contributed by atoms with van der Waals surface area (Å²) in [6, 6.07) is 16.0. The summed E-state index contributed by atoms with van der Waals surface area (Å²) in [7, 11) is 2.00. The molecule has 118 valence electrons. The van der Waals surface area contributed by atoms with E-state index in [1.165, 1.54) is 0 Å². The second kappa shape index (κ2) is 6.24. The van der Waals surface area contributed by atoms with Crippen molar-refractivity contribution in [2.75, 3.05) is 0 Å². The zero-order chi connectivity index (χ0) is 16.4. The van der Waals surface area contributed by atoms with Crippen LogP contribution in [0.5, 0.6) is 0 Å². The van der Waals surface area contributed by atoms with E-state index in [-0.39, 0.29) is 11.9 Å². The Balaban J connectivity index is 1.70. The van der Waals surface area contributed by atoms with Crippen molar-refractivity contribution in [3.8, 4) is 0 Å². The van der Waals surface area contributed by atoms with Crippen LogP contribution in [0.15, 0.2) is 48.5 Å². The molecule has 0 spiro atoms. The van der Waals surface area contributed by atoms with E-state index in [1.807, 2.05) is 69.4 Å². The summed E-state index contributed by atoms with van der Waals surface area (Å²) in [5, 5.41) is 3.04. The molecule has 1 N–H and O–H groups in total. The third kappa shape index (κ3) is 3.26. The molecule has 4 heteroatoms. The first-order chi connectivity index (χ1) is 11.0. The van der Waals surface area contributed by atoms with E-state index in [9.17, 15) is 4.79 Å². The van der Waals surface area contributed by atoms with Gasteiger partial charge in [-0.1, -0.05) is 36.4 Å². The van der Waals surface area contributed by atoms with Gasteiger partial charge in [-0.25, -0.2) is 4.98 Å². The van der Waals surface area contributed by atoms with Gasteiger partial charge in [0, 0.05) is 7.05 Å². The Morgan fingerprint density at radius 3 is 2.70 bits per heavy atom. The molecular weight excluding hydrogens is 286 g/mol. The number of hydrogen-bond acceptors (Lipinski definition) is 2. The van der Waals surface area contributed by atoms with Crippen molar-refractivity contribution < 1.29 is 4.79 Å². The van der Waals surface area contributed by atoms with Gasteiger partial charge in [-0.05, 0) is 37.1 Å². The fraction of sp³-hybridized carbons (Fsp3) is 0.263. The number of rotatable bonds is 4. The Bertz CT molecular complexity index is 836. The van der Waals surface area contributed by atoms with Gasteiger partial charge in [0.15, 0.2) is 0 Å². The first-order valence-electron chi connectivity index (χ1n) is 7.81. The minimum atomic E-state index is 0.00419. The van der Waals surface area contributed by atoms with Crippen LogP contribution in [-0.4, -0.2) is 15.5 Å². The van der Waals surface area contributed by atoms with E-state index in [0.29, 0.717) is 6.42 Å². The second-order valence-corrected chi connectivity index (χ2v) is 5.92. The van der Waals surface area contributed by atoms with Crippen LogP contribution in [0.2, 0.25) is 0 Å². The molecule has 0 saturated carbocycles. The van der Waals surface area contributed by atoms with E-state index in [0.717, 1.165) is 28.0 Å². The maximum Gasteiger partial charge on any atom is 0.224 e. The molecule has 3 aromatic rings. The molecule has 1 amide bonds. The normalized spacial score (nSPS) is 12.3. The third-order valence-electron chi connectivity index (χ3n) is 4.21. The quantitative estimate of drug-likeness (QED) is 0.804. The predicted molar refractivity (Wildman–Crippen MR) is 92.2 cm³/mol. The minimum absolute atomic E-state index is 0.00419. The Labute approximate surface area is 136 Å². The summed E-state index contributed by atoms with van der Waals surface area (Å²) in [5.41, 5.74) is 4.11. The van der Waals surface area contributed by atoms with Crippen molar-refractivity contribution in [1.29, 1.82) is 0 Å². The van der Waals surface area contributed by atoms with Crippen LogP contribution in [0.4, 0.5) is 0 Å². The zero-order valence-corrected chi connectivity index (χ0v) is 13.7. The summed E-state index contributed by atoms with van der Waals surface area (Å²) in [6.45, 7) is 3.98. The number of aromatic nitrogens is 2. The predicted octanol–water partition coefficient (Wildman–Crippen LogP) is 3.30. The van der Waals surface area contributed by atoms with E-state index >= 15 is 0 Å². The van der Waals surface area contributed by atoms with Crippen molar-refractivity contribution in [3.63, 3.8) is 0 Å². The molecule has 1 unspecified atom stereocenters. The van der Waals surface area contributed by atoms with Gasteiger partial charge in [-0.15, -0.1) is 0 Å². The molecule has 1 atom stereocenters. The highest BCUT2D eigenvalue weighted by Gasteiger charge is 2.11. The number of nitrogens with zero attached hydrogens (tertiary/aromatic N) is 2. The Hall–Kier alpha value is -2.62. The van der Waals surface area contributed by atoms with Gasteiger partial charge in [0.1, 0.15) is 5.82 Å². The summed E-state index contributed by atoms with van der Waals surface area (Å²) >= 11 is 0. The van der Waals surface area contributed by atoms with Crippen LogP contribution < -0.4 is 5.32 Å². The lowest BCUT2D eigenvalue weighted by atomic mass is 10.1. The first kappa shape index (κ1) is 15.3. The Morgan fingerprint density at radius 1 is 1.22 bits per heavy atom. The number of carbonyl (C=O) groups excluding carboxylic acids is 1. The number of imidazole rings is 1. The minimum Gasteiger partial charge on any atom is -0.349 e. The van der Waals surface area contributed by atoms with Crippen LogP contribution in [0.25, 0.3) is 11.0 Å². The third-order valence-corrected chi connectivity index (χ3v) is 4.21. The molecule has 3 rings (SSSR count). The summed E-state index contributed by atoms with van der Waals surface area (Å²) < 4.78 is 2.05. The first-order valence-corrected chi connectivity index (χ1v) is 7.81. The van der Waals surface area contributed by atoms with Gasteiger partial charge in [-0.3, -0.25) is 4.79 Å². The molecular formula is C19H21N3O. The highest BCUT2D eigenvalue weighted by Crippen LogP contribution is 2.17. The monoisotopic (exact) mass is 307 g/mol. The molecule has 0 aliphatic heterocycles. The van der Waals surface area contributed by atoms with Gasteiger partial charge >= 0.3 is 0 Å². The van der Waals surface area contributed by atoms with E-state index in [4.69, 9.17) is 0 Å². The Kier molecular flexibility index (Phi) is 4.15. The fourth-order valence-corrected chi connectivity index (χ4v) is 2.78. The van der Waals surface area contributed by atoms with E-state index in [2.05, 4.69) is 14.9 Å². The average Bonchev–Trinajstić information content (AvgIpc) is 2.82. The van der Waals surface area contributed by atoms with Gasteiger partial charge in [0.2, 0.25) is 5.91 Å². The molecule has 0 aliphatic rings. The number of hydrogen-bond donors (Lipinski definition) is 1. The SMILES string of the molecule is Cc1nc2cc(CC(=O)NC(C)c3ccccc3)ccc2n1C. The summed E-state index contributed by atoms with van der Waals surface area (Å²) in [5.74, 6) is 0.993. The maximum atomic E-state index is 12.3. The lowest BCUT2D eigenvalue weighted by Crippen LogP contribution is -2.28. The number of fused-ring (bicyclic) bond motifs is 1. The van der Waals surface area contributed by atoms with Crippen molar-refractivity contribution >= 4 is 16.9 Å². The topological polar surface area (TPSA) is 46.9 Å². The molecule has 4 nitrogen and oxygen atoms in total.